The molecule has 23 heavy (non-hydrogen) atoms. The molecule has 2 aliphatic heterocycles. The minimum atomic E-state index is -0.119. The van der Waals surface area contributed by atoms with Gasteiger partial charge in [-0.05, 0) is 25.7 Å². The number of nitrogens with one attached hydrogen (secondary N) is 1. The van der Waals surface area contributed by atoms with Crippen molar-refractivity contribution < 1.29 is 9.59 Å². The van der Waals surface area contributed by atoms with Gasteiger partial charge in [-0.3, -0.25) is 9.59 Å². The Morgan fingerprint density at radius 2 is 1.78 bits per heavy atom. The lowest BCUT2D eigenvalue weighted by atomic mass is 10.2. The van der Waals surface area contributed by atoms with Crippen molar-refractivity contribution in [1.29, 1.82) is 0 Å². The number of rotatable bonds is 4. The third-order valence-corrected chi connectivity index (χ3v) is 4.64. The normalized spacial score (nSPS) is 19.0. The molecule has 0 aromatic carbocycles. The lowest BCUT2D eigenvalue weighted by Crippen LogP contribution is -2.40. The van der Waals surface area contributed by atoms with E-state index >= 15 is 0 Å². The predicted molar refractivity (Wildman–Crippen MR) is 84.5 cm³/mol. The zero-order valence-electron chi connectivity index (χ0n) is 13.6. The highest BCUT2D eigenvalue weighted by atomic mass is 16.2. The van der Waals surface area contributed by atoms with Crippen molar-refractivity contribution in [2.75, 3.05) is 13.1 Å². The molecular formula is C16H25N5O2. The molecule has 0 bridgehead atoms. The molecule has 2 amide bonds. The van der Waals surface area contributed by atoms with Crippen LogP contribution in [0.1, 0.15) is 56.6 Å². The van der Waals surface area contributed by atoms with Gasteiger partial charge in [0.05, 0.1) is 13.1 Å². The molecule has 1 aromatic heterocycles. The summed E-state index contributed by atoms with van der Waals surface area (Å²) in [6.07, 6.45) is 8.01. The first-order valence-corrected chi connectivity index (χ1v) is 8.69. The number of carbonyl (C=O) groups excluding carboxylic acids is 2. The number of aryl methyl sites for hydroxylation is 1. The van der Waals surface area contributed by atoms with E-state index in [1.54, 1.807) is 4.90 Å². The van der Waals surface area contributed by atoms with Crippen molar-refractivity contribution in [2.45, 2.75) is 64.5 Å². The Morgan fingerprint density at radius 1 is 1.00 bits per heavy atom. The van der Waals surface area contributed by atoms with Crippen LogP contribution < -0.4 is 5.32 Å². The smallest absolute Gasteiger partial charge is 0.240 e. The first kappa shape index (κ1) is 16.0. The van der Waals surface area contributed by atoms with Crippen molar-refractivity contribution in [3.63, 3.8) is 0 Å². The van der Waals surface area contributed by atoms with Gasteiger partial charge < -0.3 is 14.8 Å². The molecule has 7 heteroatoms. The fourth-order valence-corrected chi connectivity index (χ4v) is 3.29. The molecule has 0 atom stereocenters. The number of fused-ring (bicyclic) bond motifs is 1. The summed E-state index contributed by atoms with van der Waals surface area (Å²) in [7, 11) is 0. The van der Waals surface area contributed by atoms with E-state index in [0.717, 1.165) is 56.7 Å². The molecule has 7 nitrogen and oxygen atoms in total. The summed E-state index contributed by atoms with van der Waals surface area (Å²) in [6.45, 7) is 2.15. The second-order valence-corrected chi connectivity index (χ2v) is 6.40. The van der Waals surface area contributed by atoms with E-state index in [4.69, 9.17) is 0 Å². The molecule has 3 rings (SSSR count). The Balaban J connectivity index is 1.53. The van der Waals surface area contributed by atoms with Gasteiger partial charge in [0, 0.05) is 25.9 Å². The van der Waals surface area contributed by atoms with E-state index in [1.807, 2.05) is 0 Å². The molecular weight excluding hydrogens is 294 g/mol. The largest absolute Gasteiger partial charge is 0.347 e. The van der Waals surface area contributed by atoms with E-state index in [9.17, 15) is 9.59 Å². The van der Waals surface area contributed by atoms with Crippen LogP contribution in [0.15, 0.2) is 0 Å². The number of carbonyl (C=O) groups is 2. The highest BCUT2D eigenvalue weighted by Gasteiger charge is 2.20. The maximum absolute atomic E-state index is 12.1. The van der Waals surface area contributed by atoms with Crippen LogP contribution in [0, 0.1) is 0 Å². The number of likely N-dealkylation sites (tertiary alicyclic amines) is 1. The van der Waals surface area contributed by atoms with Crippen LogP contribution in [-0.2, 0) is 29.1 Å². The highest BCUT2D eigenvalue weighted by Crippen LogP contribution is 2.14. The van der Waals surface area contributed by atoms with Gasteiger partial charge in [-0.2, -0.15) is 0 Å². The Morgan fingerprint density at radius 3 is 2.65 bits per heavy atom. The van der Waals surface area contributed by atoms with Gasteiger partial charge in [-0.25, -0.2) is 0 Å². The van der Waals surface area contributed by atoms with Gasteiger partial charge in [-0.15, -0.1) is 10.2 Å². The second kappa shape index (κ2) is 7.57. The van der Waals surface area contributed by atoms with Gasteiger partial charge in [0.2, 0.25) is 11.8 Å². The topological polar surface area (TPSA) is 80.1 Å². The lowest BCUT2D eigenvalue weighted by Gasteiger charge is -2.19. The molecule has 126 valence electrons. The summed E-state index contributed by atoms with van der Waals surface area (Å²) in [5.41, 5.74) is 0. The molecule has 3 heterocycles. The number of nitrogens with zero attached hydrogens (tertiary/aromatic N) is 4. The maximum Gasteiger partial charge on any atom is 0.240 e. The summed E-state index contributed by atoms with van der Waals surface area (Å²) >= 11 is 0. The van der Waals surface area contributed by atoms with Gasteiger partial charge >= 0.3 is 0 Å². The molecule has 0 radical (unpaired) electrons. The van der Waals surface area contributed by atoms with E-state index in [0.29, 0.717) is 19.5 Å². The Bertz CT molecular complexity index is 569. The fraction of sp³-hybridized carbons (Fsp3) is 0.750. The average Bonchev–Trinajstić information content (AvgIpc) is 2.70. The predicted octanol–water partition coefficient (Wildman–Crippen LogP) is 1.02. The Kier molecular flexibility index (Phi) is 5.25. The van der Waals surface area contributed by atoms with Crippen molar-refractivity contribution in [3.8, 4) is 0 Å². The molecule has 0 unspecified atom stereocenters. The number of aromatic nitrogens is 3. The molecule has 0 saturated carbocycles. The van der Waals surface area contributed by atoms with Gasteiger partial charge in [0.25, 0.3) is 0 Å². The molecule has 1 N–H and O–H groups in total. The van der Waals surface area contributed by atoms with Gasteiger partial charge in [0.15, 0.2) is 5.82 Å². The fourth-order valence-electron chi connectivity index (χ4n) is 3.29. The molecule has 1 saturated heterocycles. The van der Waals surface area contributed by atoms with Crippen LogP contribution in [0.3, 0.4) is 0 Å². The minimum absolute atomic E-state index is 0.0917. The van der Waals surface area contributed by atoms with Crippen molar-refractivity contribution in [1.82, 2.24) is 25.0 Å². The zero-order chi connectivity index (χ0) is 16.1. The number of amides is 2. The summed E-state index contributed by atoms with van der Waals surface area (Å²) in [5, 5.41) is 11.3. The first-order valence-electron chi connectivity index (χ1n) is 8.69. The summed E-state index contributed by atoms with van der Waals surface area (Å²) in [5.74, 6) is 1.81. The first-order chi connectivity index (χ1) is 11.2. The van der Waals surface area contributed by atoms with E-state index < -0.39 is 0 Å². The Hall–Kier alpha value is -1.92. The highest BCUT2D eigenvalue weighted by molar-refractivity contribution is 5.84. The zero-order valence-corrected chi connectivity index (χ0v) is 13.6. The van der Waals surface area contributed by atoms with Crippen LogP contribution >= 0.6 is 0 Å². The van der Waals surface area contributed by atoms with Crippen LogP contribution in [0.2, 0.25) is 0 Å². The summed E-state index contributed by atoms with van der Waals surface area (Å²) in [6, 6.07) is 0. The van der Waals surface area contributed by atoms with Crippen LogP contribution in [-0.4, -0.2) is 44.6 Å². The third-order valence-electron chi connectivity index (χ3n) is 4.64. The number of hydrogen-bond donors (Lipinski definition) is 1. The van der Waals surface area contributed by atoms with Crippen molar-refractivity contribution >= 4 is 11.8 Å². The molecule has 0 aliphatic carbocycles. The summed E-state index contributed by atoms with van der Waals surface area (Å²) < 4.78 is 2.13. The minimum Gasteiger partial charge on any atom is -0.347 e. The van der Waals surface area contributed by atoms with Crippen LogP contribution in [0.25, 0.3) is 0 Å². The maximum atomic E-state index is 12.1. The molecule has 1 aromatic rings. The molecule has 1 fully saturated rings. The third kappa shape index (κ3) is 4.09. The lowest BCUT2D eigenvalue weighted by molar-refractivity contribution is -0.135. The average molecular weight is 319 g/mol. The van der Waals surface area contributed by atoms with Crippen LogP contribution in [0.4, 0.5) is 0 Å². The van der Waals surface area contributed by atoms with E-state index in [-0.39, 0.29) is 18.4 Å². The molecule has 0 spiro atoms. The quantitative estimate of drug-likeness (QED) is 0.898. The standard InChI is InChI=1S/C16H25N5O2/c22-15(12-20-9-5-2-4-8-16(20)23)17-11-14-19-18-13-7-3-1-6-10-21(13)14/h1-12H2,(H,17,22). The number of hydrogen-bond acceptors (Lipinski definition) is 4. The van der Waals surface area contributed by atoms with Crippen molar-refractivity contribution in [3.05, 3.63) is 11.6 Å². The van der Waals surface area contributed by atoms with E-state index in [2.05, 4.69) is 20.1 Å². The van der Waals surface area contributed by atoms with E-state index in [1.165, 1.54) is 6.42 Å². The monoisotopic (exact) mass is 319 g/mol. The SMILES string of the molecule is O=C(CN1CCCCCC1=O)NCc1nnc2n1CCCCC2. The van der Waals surface area contributed by atoms with Crippen LogP contribution in [0.5, 0.6) is 0 Å². The van der Waals surface area contributed by atoms with Gasteiger partial charge in [0.1, 0.15) is 5.82 Å². The second-order valence-electron chi connectivity index (χ2n) is 6.40. The van der Waals surface area contributed by atoms with Gasteiger partial charge in [-0.1, -0.05) is 12.8 Å². The summed E-state index contributed by atoms with van der Waals surface area (Å²) in [4.78, 5) is 25.7. The Labute approximate surface area is 136 Å². The molecule has 2 aliphatic rings. The van der Waals surface area contributed by atoms with Crippen molar-refractivity contribution in [2.24, 2.45) is 0 Å².